The van der Waals surface area contributed by atoms with E-state index >= 15 is 4.39 Å². The maximum atomic E-state index is 17.0. The van der Waals surface area contributed by atoms with E-state index in [9.17, 15) is 13.9 Å². The molecule has 12 heteroatoms. The third-order valence-electron chi connectivity index (χ3n) is 11.5. The smallest absolute Gasteiger partial charge is 0.319 e. The maximum absolute atomic E-state index is 17.0. The highest BCUT2D eigenvalue weighted by molar-refractivity contribution is 6.03. The van der Waals surface area contributed by atoms with Crippen LogP contribution in [0.1, 0.15) is 50.5 Å². The summed E-state index contributed by atoms with van der Waals surface area (Å²) in [7, 11) is 0. The van der Waals surface area contributed by atoms with E-state index in [-0.39, 0.29) is 63.8 Å². The molecule has 5 aliphatic heterocycles. The van der Waals surface area contributed by atoms with Crippen molar-refractivity contribution in [2.45, 2.75) is 74.3 Å². The molecule has 4 aromatic rings. The highest BCUT2D eigenvalue weighted by Gasteiger charge is 2.52. The molecule has 0 spiro atoms. The van der Waals surface area contributed by atoms with Gasteiger partial charge in [-0.1, -0.05) is 12.0 Å². The van der Waals surface area contributed by atoms with Crippen LogP contribution in [0.15, 0.2) is 30.5 Å². The number of nitrogens with zero attached hydrogens (tertiary/aromatic N) is 5. The number of halogens is 3. The van der Waals surface area contributed by atoms with Crippen LogP contribution >= 0.6 is 0 Å². The van der Waals surface area contributed by atoms with Crippen LogP contribution in [0.3, 0.4) is 0 Å². The molecule has 9 rings (SSSR count). The molecular formula is C37H37F3N6O3. The van der Waals surface area contributed by atoms with Gasteiger partial charge in [0.05, 0.1) is 28.1 Å². The number of anilines is 1. The number of fused-ring (bicyclic) bond motifs is 5. The van der Waals surface area contributed by atoms with Gasteiger partial charge in [-0.15, -0.1) is 6.42 Å². The first-order valence-corrected chi connectivity index (χ1v) is 17.2. The summed E-state index contributed by atoms with van der Waals surface area (Å²) in [5.41, 5.74) is -0.786. The van der Waals surface area contributed by atoms with Crippen molar-refractivity contribution in [1.29, 1.82) is 0 Å². The molecular weight excluding hydrogens is 633 g/mol. The first-order chi connectivity index (χ1) is 23.8. The van der Waals surface area contributed by atoms with Crippen molar-refractivity contribution in [3.8, 4) is 35.4 Å². The van der Waals surface area contributed by atoms with Gasteiger partial charge in [-0.2, -0.15) is 9.97 Å². The van der Waals surface area contributed by atoms with Crippen molar-refractivity contribution in [1.82, 2.24) is 25.2 Å². The minimum absolute atomic E-state index is 0.00439. The normalized spacial score (nSPS) is 29.6. The lowest BCUT2D eigenvalue weighted by Gasteiger charge is -2.45. The molecule has 0 saturated carbocycles. The Kier molecular flexibility index (Phi) is 7.20. The van der Waals surface area contributed by atoms with Gasteiger partial charge in [-0.05, 0) is 68.7 Å². The molecule has 9 nitrogen and oxygen atoms in total. The average molecular weight is 671 g/mol. The topological polar surface area (TPSA) is 95.9 Å². The van der Waals surface area contributed by atoms with Crippen molar-refractivity contribution in [3.63, 3.8) is 0 Å². The molecule has 7 heterocycles. The fraction of sp³-hybridized carbons (Fsp3) is 0.486. The maximum Gasteiger partial charge on any atom is 0.319 e. The van der Waals surface area contributed by atoms with Crippen molar-refractivity contribution in [3.05, 3.63) is 47.7 Å². The van der Waals surface area contributed by atoms with E-state index in [4.69, 9.17) is 20.9 Å². The Morgan fingerprint density at radius 3 is 2.88 bits per heavy atom. The number of aromatic hydroxyl groups is 1. The number of pyridine rings is 1. The van der Waals surface area contributed by atoms with Crippen molar-refractivity contribution < 1.29 is 27.8 Å². The van der Waals surface area contributed by atoms with Crippen molar-refractivity contribution >= 4 is 27.5 Å². The first-order valence-electron chi connectivity index (χ1n) is 17.2. The Balaban J connectivity index is 1.19. The zero-order valence-corrected chi connectivity index (χ0v) is 27.0. The molecule has 2 N–H and O–H groups in total. The standard InChI is InChI=1S/C37H37F3N6O3/c1-2-25-28(39)7-6-21-13-24(47)14-26(30(21)25)32-31(40)33-27(16-41-32)34(45-18-23-8-10-37(19-45,44-23)29-5-3-12-48-29)43-35(42-33)49-20-36-9-4-11-46(36)17-22(38)15-36/h1,6-7,13-14,16,22-23,29,44,47H,3-5,8-12,15,17-20H2/t22-,23-,29+,36+,37+/m1/s1. The van der Waals surface area contributed by atoms with E-state index in [1.54, 1.807) is 0 Å². The highest BCUT2D eigenvalue weighted by Crippen LogP contribution is 2.44. The molecule has 0 unspecified atom stereocenters. The number of rotatable bonds is 6. The summed E-state index contributed by atoms with van der Waals surface area (Å²) in [5.74, 6) is 1.32. The number of hydrogen-bond acceptors (Lipinski definition) is 9. The summed E-state index contributed by atoms with van der Waals surface area (Å²) >= 11 is 0. The van der Waals surface area contributed by atoms with E-state index in [1.165, 1.54) is 30.5 Å². The Bertz CT molecular complexity index is 2040. The average Bonchev–Trinajstić information content (AvgIpc) is 3.88. The van der Waals surface area contributed by atoms with Crippen LogP contribution in [0, 0.1) is 24.0 Å². The molecule has 5 saturated heterocycles. The fourth-order valence-corrected chi connectivity index (χ4v) is 9.36. The van der Waals surface area contributed by atoms with Crippen LogP contribution in [0.2, 0.25) is 0 Å². The zero-order valence-electron chi connectivity index (χ0n) is 27.0. The summed E-state index contributed by atoms with van der Waals surface area (Å²) in [6.45, 7) is 3.35. The monoisotopic (exact) mass is 670 g/mol. The Hall–Kier alpha value is -4.18. The Labute approximate surface area is 281 Å². The molecule has 0 aliphatic carbocycles. The number of piperazine rings is 1. The second-order valence-electron chi connectivity index (χ2n) is 14.5. The lowest BCUT2D eigenvalue weighted by atomic mass is 9.88. The van der Waals surface area contributed by atoms with Crippen molar-refractivity contribution in [2.24, 2.45) is 0 Å². The number of phenolic OH excluding ortho intramolecular Hbond substituents is 1. The van der Waals surface area contributed by atoms with Crippen LogP contribution in [0.25, 0.3) is 32.9 Å². The zero-order chi connectivity index (χ0) is 33.5. The summed E-state index contributed by atoms with van der Waals surface area (Å²) < 4.78 is 59.0. The van der Waals surface area contributed by atoms with Crippen LogP contribution < -0.4 is 15.0 Å². The summed E-state index contributed by atoms with van der Waals surface area (Å²) in [6, 6.07) is 5.68. The molecule has 5 fully saturated rings. The largest absolute Gasteiger partial charge is 0.508 e. The number of nitrogens with one attached hydrogen (secondary N) is 1. The van der Waals surface area contributed by atoms with Gasteiger partial charge in [0.25, 0.3) is 0 Å². The van der Waals surface area contributed by atoms with Gasteiger partial charge in [0.2, 0.25) is 0 Å². The molecule has 5 aliphatic rings. The summed E-state index contributed by atoms with van der Waals surface area (Å²) in [5, 5.41) is 15.5. The second kappa shape index (κ2) is 11.4. The van der Waals surface area contributed by atoms with Gasteiger partial charge in [0.1, 0.15) is 41.4 Å². The molecule has 2 aromatic heterocycles. The number of terminal acetylenes is 1. The Morgan fingerprint density at radius 2 is 2.04 bits per heavy atom. The molecule has 2 aromatic carbocycles. The minimum Gasteiger partial charge on any atom is -0.508 e. The van der Waals surface area contributed by atoms with Gasteiger partial charge in [0, 0.05) is 55.9 Å². The van der Waals surface area contributed by atoms with Crippen LogP contribution in [0.4, 0.5) is 19.0 Å². The predicted octanol–water partition coefficient (Wildman–Crippen LogP) is 5.26. The SMILES string of the molecule is C#Cc1c(F)ccc2cc(O)cc(-c3ncc4c(N5C[C@H]6CC[C@@]([C@@H]7CCCO7)(C5)N6)nc(OC[C@@]56CCCN5C[C@H](F)C6)nc4c3F)c12. The second-order valence-corrected chi connectivity index (χ2v) is 14.5. The van der Waals surface area contributed by atoms with Gasteiger partial charge >= 0.3 is 6.01 Å². The van der Waals surface area contributed by atoms with E-state index in [2.05, 4.69) is 31.0 Å². The fourth-order valence-electron chi connectivity index (χ4n) is 9.36. The summed E-state index contributed by atoms with van der Waals surface area (Å²) in [4.78, 5) is 18.4. The molecule has 0 amide bonds. The van der Waals surface area contributed by atoms with Gasteiger partial charge in [-0.25, -0.2) is 13.2 Å². The highest BCUT2D eigenvalue weighted by atomic mass is 19.1. The van der Waals surface area contributed by atoms with Crippen LogP contribution in [-0.2, 0) is 4.74 Å². The number of hydrogen-bond donors (Lipinski definition) is 2. The van der Waals surface area contributed by atoms with Crippen LogP contribution in [-0.4, -0.2) is 93.7 Å². The minimum atomic E-state index is -0.928. The number of ether oxygens (including phenoxy) is 2. The van der Waals surface area contributed by atoms with Gasteiger partial charge < -0.3 is 24.8 Å². The van der Waals surface area contributed by atoms with E-state index < -0.39 is 23.3 Å². The van der Waals surface area contributed by atoms with E-state index in [1.807, 2.05) is 0 Å². The third kappa shape index (κ3) is 4.92. The van der Waals surface area contributed by atoms with Crippen LogP contribution in [0.5, 0.6) is 11.8 Å². The quantitative estimate of drug-likeness (QED) is 0.267. The number of aromatic nitrogens is 3. The van der Waals surface area contributed by atoms with E-state index in [0.29, 0.717) is 42.6 Å². The van der Waals surface area contributed by atoms with E-state index in [0.717, 1.165) is 51.7 Å². The third-order valence-corrected chi connectivity index (χ3v) is 11.5. The molecule has 5 atom stereocenters. The first kappa shape index (κ1) is 30.8. The number of benzene rings is 2. The predicted molar refractivity (Wildman–Crippen MR) is 178 cm³/mol. The van der Waals surface area contributed by atoms with Gasteiger partial charge in [-0.3, -0.25) is 9.88 Å². The Morgan fingerprint density at radius 1 is 1.14 bits per heavy atom. The lowest BCUT2D eigenvalue weighted by Crippen LogP contribution is -2.65. The lowest BCUT2D eigenvalue weighted by molar-refractivity contribution is 0.0326. The molecule has 0 radical (unpaired) electrons. The molecule has 49 heavy (non-hydrogen) atoms. The number of phenols is 1. The van der Waals surface area contributed by atoms with Gasteiger partial charge in [0.15, 0.2) is 5.82 Å². The van der Waals surface area contributed by atoms with Crippen molar-refractivity contribution in [2.75, 3.05) is 44.3 Å². The molecule has 254 valence electrons. The summed E-state index contributed by atoms with van der Waals surface area (Å²) in [6.07, 6.45) is 12.4. The molecule has 2 bridgehead atoms. The number of alkyl halides is 1.